The van der Waals surface area contributed by atoms with Gasteiger partial charge in [-0.05, 0) is 37.1 Å². The number of hydrogen-bond acceptors (Lipinski definition) is 4. The molecule has 22 heavy (non-hydrogen) atoms. The first-order valence-electron chi connectivity index (χ1n) is 7.00. The van der Waals surface area contributed by atoms with Gasteiger partial charge < -0.3 is 9.72 Å². The Morgan fingerprint density at radius 2 is 2.09 bits per heavy atom. The van der Waals surface area contributed by atoms with Crippen molar-refractivity contribution in [3.05, 3.63) is 73.7 Å². The Morgan fingerprint density at radius 1 is 1.32 bits per heavy atom. The predicted octanol–water partition coefficient (Wildman–Crippen LogP) is 2.72. The van der Waals surface area contributed by atoms with E-state index in [0.717, 1.165) is 5.56 Å². The standard InChI is InChI=1S/C16H16N2O4/c1-16(2)9-10-5-6-11(18(20)21)8-13(10)14(22-16)12-4-3-7-17-15(12)19/h3-8,14H,9H2,1-2H3,(H,17,19). The van der Waals surface area contributed by atoms with E-state index in [1.54, 1.807) is 24.4 Å². The van der Waals surface area contributed by atoms with Crippen LogP contribution >= 0.6 is 0 Å². The normalized spacial score (nSPS) is 19.5. The Kier molecular flexibility index (Phi) is 3.33. The van der Waals surface area contributed by atoms with E-state index in [2.05, 4.69) is 4.98 Å². The van der Waals surface area contributed by atoms with E-state index in [1.165, 1.54) is 12.1 Å². The highest BCUT2D eigenvalue weighted by atomic mass is 16.6. The maximum Gasteiger partial charge on any atom is 0.269 e. The molecule has 0 aliphatic carbocycles. The molecule has 0 spiro atoms. The van der Waals surface area contributed by atoms with Crippen molar-refractivity contribution < 1.29 is 9.66 Å². The molecule has 0 saturated heterocycles. The highest BCUT2D eigenvalue weighted by Crippen LogP contribution is 2.39. The van der Waals surface area contributed by atoms with Gasteiger partial charge in [0.2, 0.25) is 0 Å². The quantitative estimate of drug-likeness (QED) is 0.682. The van der Waals surface area contributed by atoms with Gasteiger partial charge in [-0.15, -0.1) is 0 Å². The molecule has 1 N–H and O–H groups in total. The lowest BCUT2D eigenvalue weighted by atomic mass is 9.86. The first kappa shape index (κ1) is 14.5. The van der Waals surface area contributed by atoms with Gasteiger partial charge in [-0.1, -0.05) is 6.07 Å². The van der Waals surface area contributed by atoms with Crippen molar-refractivity contribution >= 4 is 5.69 Å². The fourth-order valence-corrected chi connectivity index (χ4v) is 2.86. The summed E-state index contributed by atoms with van der Waals surface area (Å²) in [5.41, 5.74) is 1.41. The number of ether oxygens (including phenoxy) is 1. The Morgan fingerprint density at radius 3 is 2.77 bits per heavy atom. The van der Waals surface area contributed by atoms with Crippen LogP contribution in [0.3, 0.4) is 0 Å². The summed E-state index contributed by atoms with van der Waals surface area (Å²) in [7, 11) is 0. The third kappa shape index (κ3) is 2.53. The highest BCUT2D eigenvalue weighted by Gasteiger charge is 2.35. The van der Waals surface area contributed by atoms with Crippen LogP contribution in [0.1, 0.15) is 36.6 Å². The summed E-state index contributed by atoms with van der Waals surface area (Å²) in [6.07, 6.45) is 1.58. The zero-order valence-corrected chi connectivity index (χ0v) is 12.3. The number of aromatic nitrogens is 1. The van der Waals surface area contributed by atoms with E-state index in [1.807, 2.05) is 13.8 Å². The molecule has 6 nitrogen and oxygen atoms in total. The number of rotatable bonds is 2. The van der Waals surface area contributed by atoms with Crippen LogP contribution < -0.4 is 5.56 Å². The lowest BCUT2D eigenvalue weighted by Gasteiger charge is -2.37. The number of nitrogens with one attached hydrogen (secondary N) is 1. The van der Waals surface area contributed by atoms with Crippen LogP contribution in [0.4, 0.5) is 5.69 Å². The molecule has 0 radical (unpaired) electrons. The highest BCUT2D eigenvalue weighted by molar-refractivity contribution is 5.45. The molecule has 2 heterocycles. The molecular formula is C16H16N2O4. The van der Waals surface area contributed by atoms with Gasteiger partial charge in [0, 0.05) is 24.8 Å². The van der Waals surface area contributed by atoms with E-state index in [9.17, 15) is 14.9 Å². The minimum atomic E-state index is -0.608. The fourth-order valence-electron chi connectivity index (χ4n) is 2.86. The van der Waals surface area contributed by atoms with Crippen molar-refractivity contribution in [1.29, 1.82) is 0 Å². The number of fused-ring (bicyclic) bond motifs is 1. The van der Waals surface area contributed by atoms with Crippen LogP contribution in [-0.4, -0.2) is 15.5 Å². The number of benzene rings is 1. The molecule has 1 unspecified atom stereocenters. The van der Waals surface area contributed by atoms with Gasteiger partial charge >= 0.3 is 0 Å². The number of pyridine rings is 1. The molecule has 3 rings (SSSR count). The van der Waals surface area contributed by atoms with E-state index in [-0.39, 0.29) is 11.2 Å². The van der Waals surface area contributed by atoms with Gasteiger partial charge in [0.15, 0.2) is 0 Å². The first-order valence-corrected chi connectivity index (χ1v) is 7.00. The maximum atomic E-state index is 12.1. The molecular weight excluding hydrogens is 284 g/mol. The third-order valence-corrected chi connectivity index (χ3v) is 3.81. The van der Waals surface area contributed by atoms with Crippen LogP contribution in [0.25, 0.3) is 0 Å². The van der Waals surface area contributed by atoms with E-state index in [4.69, 9.17) is 4.74 Å². The van der Waals surface area contributed by atoms with Gasteiger partial charge in [0.05, 0.1) is 16.1 Å². The van der Waals surface area contributed by atoms with Gasteiger partial charge in [0.1, 0.15) is 6.10 Å². The summed E-state index contributed by atoms with van der Waals surface area (Å²) in [6, 6.07) is 8.16. The summed E-state index contributed by atoms with van der Waals surface area (Å²) in [4.78, 5) is 25.3. The van der Waals surface area contributed by atoms with Crippen LogP contribution in [-0.2, 0) is 11.2 Å². The van der Waals surface area contributed by atoms with E-state index in [0.29, 0.717) is 17.5 Å². The minimum absolute atomic E-state index is 0.000541. The number of H-pyrrole nitrogens is 1. The zero-order chi connectivity index (χ0) is 15.9. The monoisotopic (exact) mass is 300 g/mol. The molecule has 0 saturated carbocycles. The van der Waals surface area contributed by atoms with Crippen LogP contribution in [0.5, 0.6) is 0 Å². The Hall–Kier alpha value is -2.47. The molecule has 1 aliphatic rings. The molecule has 2 aromatic rings. The summed E-state index contributed by atoms with van der Waals surface area (Å²) >= 11 is 0. The van der Waals surface area contributed by atoms with Gasteiger partial charge in [0.25, 0.3) is 11.2 Å². The molecule has 1 atom stereocenters. The van der Waals surface area contributed by atoms with Crippen LogP contribution in [0.2, 0.25) is 0 Å². The molecule has 114 valence electrons. The topological polar surface area (TPSA) is 85.2 Å². The van der Waals surface area contributed by atoms with Crippen LogP contribution in [0.15, 0.2) is 41.3 Å². The molecule has 1 aromatic carbocycles. The van der Waals surface area contributed by atoms with Crippen molar-refractivity contribution in [3.8, 4) is 0 Å². The van der Waals surface area contributed by atoms with Gasteiger partial charge in [-0.25, -0.2) is 0 Å². The molecule has 0 bridgehead atoms. The number of nitro benzene ring substituents is 1. The number of nitrogens with zero attached hydrogens (tertiary/aromatic N) is 1. The summed E-state index contributed by atoms with van der Waals surface area (Å²) in [6.45, 7) is 3.89. The Balaban J connectivity index is 2.19. The van der Waals surface area contributed by atoms with E-state index >= 15 is 0 Å². The smallest absolute Gasteiger partial charge is 0.269 e. The number of nitro groups is 1. The summed E-state index contributed by atoms with van der Waals surface area (Å²) < 4.78 is 6.06. The summed E-state index contributed by atoms with van der Waals surface area (Å²) in [5, 5.41) is 11.0. The molecule has 0 amide bonds. The van der Waals surface area contributed by atoms with Crippen molar-refractivity contribution in [2.24, 2.45) is 0 Å². The first-order chi connectivity index (χ1) is 10.4. The van der Waals surface area contributed by atoms with Crippen molar-refractivity contribution in [2.75, 3.05) is 0 Å². The van der Waals surface area contributed by atoms with Crippen molar-refractivity contribution in [3.63, 3.8) is 0 Å². The van der Waals surface area contributed by atoms with E-state index < -0.39 is 16.6 Å². The average Bonchev–Trinajstić information content (AvgIpc) is 2.45. The van der Waals surface area contributed by atoms with Crippen molar-refractivity contribution in [1.82, 2.24) is 4.98 Å². The SMILES string of the molecule is CC1(C)Cc2ccc([N+](=O)[O-])cc2C(c2ccc[nH]c2=O)O1. The lowest BCUT2D eigenvalue weighted by Crippen LogP contribution is -2.36. The predicted molar refractivity (Wildman–Crippen MR) is 80.9 cm³/mol. The minimum Gasteiger partial charge on any atom is -0.362 e. The maximum absolute atomic E-state index is 12.1. The number of non-ortho nitro benzene ring substituents is 1. The number of hydrogen-bond donors (Lipinski definition) is 1. The second-order valence-corrected chi connectivity index (χ2v) is 6.03. The largest absolute Gasteiger partial charge is 0.362 e. The molecule has 1 aliphatic heterocycles. The zero-order valence-electron chi connectivity index (χ0n) is 12.3. The molecule has 1 aromatic heterocycles. The Bertz CT molecular complexity index is 795. The average molecular weight is 300 g/mol. The third-order valence-electron chi connectivity index (χ3n) is 3.81. The van der Waals surface area contributed by atoms with Gasteiger partial charge in [-0.2, -0.15) is 0 Å². The molecule has 0 fully saturated rings. The number of aromatic amines is 1. The molecule has 6 heteroatoms. The summed E-state index contributed by atoms with van der Waals surface area (Å²) in [5.74, 6) is 0. The second-order valence-electron chi connectivity index (χ2n) is 6.03. The van der Waals surface area contributed by atoms with Crippen LogP contribution in [0, 0.1) is 10.1 Å². The fraction of sp³-hybridized carbons (Fsp3) is 0.312. The lowest BCUT2D eigenvalue weighted by molar-refractivity contribution is -0.385. The Labute approximate surface area is 126 Å². The second kappa shape index (κ2) is 5.06. The van der Waals surface area contributed by atoms with Gasteiger partial charge in [-0.3, -0.25) is 14.9 Å². The van der Waals surface area contributed by atoms with Crippen molar-refractivity contribution in [2.45, 2.75) is 32.0 Å².